The fourth-order valence-corrected chi connectivity index (χ4v) is 3.26. The predicted molar refractivity (Wildman–Crippen MR) is 102 cm³/mol. The van der Waals surface area contributed by atoms with E-state index in [0.717, 1.165) is 11.1 Å². The Morgan fingerprint density at radius 3 is 2.81 bits per heavy atom. The zero-order chi connectivity index (χ0) is 18.8. The van der Waals surface area contributed by atoms with Crippen LogP contribution in [0.2, 0.25) is 0 Å². The zero-order valence-corrected chi connectivity index (χ0v) is 14.7. The number of esters is 1. The third kappa shape index (κ3) is 3.06. The Kier molecular flexibility index (Phi) is 4.38. The highest BCUT2D eigenvalue weighted by molar-refractivity contribution is 5.82. The van der Waals surface area contributed by atoms with Gasteiger partial charge in [0.2, 0.25) is 0 Å². The molecule has 0 saturated carbocycles. The molecular formula is C21H18N2O4. The van der Waals surface area contributed by atoms with Gasteiger partial charge >= 0.3 is 11.7 Å². The summed E-state index contributed by atoms with van der Waals surface area (Å²) in [4.78, 5) is 26.2. The van der Waals surface area contributed by atoms with Gasteiger partial charge in [0, 0.05) is 24.0 Å². The van der Waals surface area contributed by atoms with Crippen LogP contribution in [-0.2, 0) is 9.53 Å². The van der Waals surface area contributed by atoms with Crippen molar-refractivity contribution in [2.24, 2.45) is 0 Å². The van der Waals surface area contributed by atoms with E-state index in [1.165, 1.54) is 6.08 Å². The minimum Gasteiger partial charge on any atom is -0.463 e. The van der Waals surface area contributed by atoms with Gasteiger partial charge < -0.3 is 14.1 Å². The minimum atomic E-state index is -0.479. The number of ether oxygens (including phenoxy) is 1. The number of benzene rings is 2. The molecule has 1 aromatic heterocycles. The van der Waals surface area contributed by atoms with Gasteiger partial charge in [-0.1, -0.05) is 36.4 Å². The molecule has 0 saturated heterocycles. The summed E-state index contributed by atoms with van der Waals surface area (Å²) >= 11 is 0. The van der Waals surface area contributed by atoms with Gasteiger partial charge in [0.15, 0.2) is 5.58 Å². The highest BCUT2D eigenvalue weighted by Gasteiger charge is 2.28. The number of rotatable bonds is 4. The first-order valence-corrected chi connectivity index (χ1v) is 8.68. The van der Waals surface area contributed by atoms with E-state index < -0.39 is 17.9 Å². The fourth-order valence-electron chi connectivity index (χ4n) is 3.26. The van der Waals surface area contributed by atoms with Crippen LogP contribution >= 0.6 is 0 Å². The van der Waals surface area contributed by atoms with Crippen molar-refractivity contribution in [3.8, 4) is 0 Å². The third-order valence-electron chi connectivity index (χ3n) is 4.42. The summed E-state index contributed by atoms with van der Waals surface area (Å²) in [5.74, 6) is -0.895. The molecule has 0 fully saturated rings. The number of carbonyl (C=O) groups excluding carboxylic acids is 1. The molecule has 6 nitrogen and oxygen atoms in total. The van der Waals surface area contributed by atoms with Crippen LogP contribution in [0.25, 0.3) is 17.2 Å². The molecule has 2 heterocycles. The summed E-state index contributed by atoms with van der Waals surface area (Å²) in [5, 5.41) is 0. The van der Waals surface area contributed by atoms with Crippen LogP contribution in [0, 0.1) is 0 Å². The van der Waals surface area contributed by atoms with E-state index in [1.807, 2.05) is 54.7 Å². The molecule has 6 heteroatoms. The van der Waals surface area contributed by atoms with Crippen molar-refractivity contribution in [1.29, 1.82) is 0 Å². The summed E-state index contributed by atoms with van der Waals surface area (Å²) in [6.07, 6.45) is 6.25. The number of aromatic nitrogens is 1. The maximum absolute atomic E-state index is 12.7. The van der Waals surface area contributed by atoms with Crippen molar-refractivity contribution < 1.29 is 13.9 Å². The molecule has 4 rings (SSSR count). The summed E-state index contributed by atoms with van der Waals surface area (Å²) in [5.41, 5.74) is 3.14. The van der Waals surface area contributed by atoms with Gasteiger partial charge in [-0.2, -0.15) is 0 Å². The smallest absolute Gasteiger partial charge is 0.421 e. The number of carbonyl (C=O) groups is 1. The summed E-state index contributed by atoms with van der Waals surface area (Å²) in [7, 11) is 0. The Morgan fingerprint density at radius 2 is 1.96 bits per heavy atom. The molecule has 0 amide bonds. The second-order valence-electron chi connectivity index (χ2n) is 6.04. The molecule has 0 N–H and O–H groups in total. The van der Waals surface area contributed by atoms with Crippen molar-refractivity contribution in [3.05, 3.63) is 88.7 Å². The van der Waals surface area contributed by atoms with Crippen LogP contribution in [0.1, 0.15) is 24.2 Å². The topological polar surface area (TPSA) is 64.7 Å². The number of hydrogen-bond donors (Lipinski definition) is 0. The van der Waals surface area contributed by atoms with Crippen molar-refractivity contribution in [2.45, 2.75) is 13.1 Å². The van der Waals surface area contributed by atoms with E-state index in [2.05, 4.69) is 0 Å². The zero-order valence-electron chi connectivity index (χ0n) is 14.7. The molecular weight excluding hydrogens is 344 g/mol. The van der Waals surface area contributed by atoms with E-state index in [0.29, 0.717) is 17.7 Å². The maximum Gasteiger partial charge on any atom is 0.421 e. The number of oxazole rings is 1. The van der Waals surface area contributed by atoms with Crippen LogP contribution in [0.3, 0.4) is 0 Å². The van der Waals surface area contributed by atoms with Crippen LogP contribution in [0.15, 0.2) is 76.2 Å². The lowest BCUT2D eigenvalue weighted by Crippen LogP contribution is -2.33. The first kappa shape index (κ1) is 16.9. The first-order valence-electron chi connectivity index (χ1n) is 8.68. The Bertz CT molecular complexity index is 1110. The number of para-hydroxylation sites is 2. The summed E-state index contributed by atoms with van der Waals surface area (Å²) in [6, 6.07) is 15.1. The van der Waals surface area contributed by atoms with Crippen LogP contribution in [-0.4, -0.2) is 22.0 Å². The Morgan fingerprint density at radius 1 is 1.19 bits per heavy atom. The van der Waals surface area contributed by atoms with Gasteiger partial charge in [-0.3, -0.25) is 0 Å². The van der Waals surface area contributed by atoms with Crippen molar-refractivity contribution in [3.63, 3.8) is 0 Å². The Balaban J connectivity index is 1.86. The van der Waals surface area contributed by atoms with E-state index in [1.54, 1.807) is 28.7 Å². The van der Waals surface area contributed by atoms with Crippen molar-refractivity contribution in [2.75, 3.05) is 6.61 Å². The first-order chi connectivity index (χ1) is 13.2. The monoisotopic (exact) mass is 362 g/mol. The molecule has 0 radical (unpaired) electrons. The van der Waals surface area contributed by atoms with Crippen LogP contribution in [0.5, 0.6) is 0 Å². The van der Waals surface area contributed by atoms with E-state index in [9.17, 15) is 9.59 Å². The molecule has 2 aromatic carbocycles. The lowest BCUT2D eigenvalue weighted by Gasteiger charge is -2.32. The standard InChI is InChI=1S/C21H18N2O4/c1-2-26-19(24)12-14-22-13-11-15-7-3-4-8-16(15)20(22)23-17-9-5-6-10-18(17)27-21(23)25/h3-14,20H,2H2,1H3/b14-12+. The Hall–Kier alpha value is -3.54. The molecule has 1 aliphatic rings. The molecule has 0 spiro atoms. The van der Waals surface area contributed by atoms with Crippen LogP contribution in [0.4, 0.5) is 0 Å². The second-order valence-corrected chi connectivity index (χ2v) is 6.04. The van der Waals surface area contributed by atoms with Gasteiger partial charge in [0.1, 0.15) is 6.17 Å². The summed E-state index contributed by atoms with van der Waals surface area (Å²) in [6.45, 7) is 2.06. The quantitative estimate of drug-likeness (QED) is 0.525. The van der Waals surface area contributed by atoms with Crippen molar-refractivity contribution in [1.82, 2.24) is 9.47 Å². The van der Waals surface area contributed by atoms with E-state index in [4.69, 9.17) is 9.15 Å². The highest BCUT2D eigenvalue weighted by Crippen LogP contribution is 2.33. The van der Waals surface area contributed by atoms with Gasteiger partial charge in [-0.15, -0.1) is 0 Å². The van der Waals surface area contributed by atoms with Crippen LogP contribution < -0.4 is 5.76 Å². The molecule has 0 bridgehead atoms. The average Bonchev–Trinajstić information content (AvgIpc) is 3.01. The van der Waals surface area contributed by atoms with Gasteiger partial charge in [0.25, 0.3) is 0 Å². The molecule has 136 valence electrons. The van der Waals surface area contributed by atoms with Gasteiger partial charge in [-0.25, -0.2) is 14.2 Å². The molecule has 0 aliphatic carbocycles. The van der Waals surface area contributed by atoms with Gasteiger partial charge in [0.05, 0.1) is 12.1 Å². The molecule has 27 heavy (non-hydrogen) atoms. The number of nitrogens with zero attached hydrogens (tertiary/aromatic N) is 2. The molecule has 1 atom stereocenters. The maximum atomic E-state index is 12.7. The molecule has 1 aliphatic heterocycles. The fraction of sp³-hybridized carbons (Fsp3) is 0.143. The van der Waals surface area contributed by atoms with Gasteiger partial charge in [-0.05, 0) is 30.7 Å². The molecule has 3 aromatic rings. The lowest BCUT2D eigenvalue weighted by atomic mass is 10.0. The minimum absolute atomic E-state index is 0.303. The normalized spacial score (nSPS) is 16.0. The molecule has 1 unspecified atom stereocenters. The Labute approximate surface area is 155 Å². The summed E-state index contributed by atoms with van der Waals surface area (Å²) < 4.78 is 12.0. The second kappa shape index (κ2) is 6.99. The van der Waals surface area contributed by atoms with E-state index >= 15 is 0 Å². The van der Waals surface area contributed by atoms with Crippen molar-refractivity contribution >= 4 is 23.1 Å². The number of hydrogen-bond acceptors (Lipinski definition) is 5. The largest absolute Gasteiger partial charge is 0.463 e. The average molecular weight is 362 g/mol. The lowest BCUT2D eigenvalue weighted by molar-refractivity contribution is -0.137. The van der Waals surface area contributed by atoms with E-state index in [-0.39, 0.29) is 0 Å². The third-order valence-corrected chi connectivity index (χ3v) is 4.42. The predicted octanol–water partition coefficient (Wildman–Crippen LogP) is 3.50. The highest BCUT2D eigenvalue weighted by atomic mass is 16.5. The SMILES string of the molecule is CCOC(=O)/C=C/N1C=Cc2ccccc2C1n1c(=O)oc2ccccc21. The number of fused-ring (bicyclic) bond motifs is 2.